The van der Waals surface area contributed by atoms with Crippen LogP contribution in [0.15, 0.2) is 35.4 Å². The number of alkyl halides is 3. The summed E-state index contributed by atoms with van der Waals surface area (Å²) in [6.07, 6.45) is 1.34. The highest BCUT2D eigenvalue weighted by atomic mass is 35.6. The predicted octanol–water partition coefficient (Wildman–Crippen LogP) is 3.51. The van der Waals surface area contributed by atoms with Crippen LogP contribution in [-0.4, -0.2) is 16.9 Å². The highest BCUT2D eigenvalue weighted by Crippen LogP contribution is 2.38. The molecule has 0 saturated heterocycles. The van der Waals surface area contributed by atoms with Crippen molar-refractivity contribution in [2.75, 3.05) is 0 Å². The van der Waals surface area contributed by atoms with Gasteiger partial charge in [0.2, 0.25) is 0 Å². The summed E-state index contributed by atoms with van der Waals surface area (Å²) in [6, 6.07) is 6.72. The van der Waals surface area contributed by atoms with Crippen molar-refractivity contribution in [3.8, 4) is 5.69 Å². The SMILES string of the molecule is O=c1n(-c2ccc(Cl)cc2)cnn1SC(Cl)(Cl)Cl. The standard InChI is InChI=1S/C9H5Cl4N3OS/c10-6-1-3-7(4-2-6)15-5-14-16(8(15)17)18-9(11,12)13/h1-5H. The van der Waals surface area contributed by atoms with Crippen LogP contribution in [0.25, 0.3) is 5.69 Å². The predicted molar refractivity (Wildman–Crippen MR) is 76.1 cm³/mol. The Morgan fingerprint density at radius 1 is 1.17 bits per heavy atom. The second-order valence-corrected chi connectivity index (χ2v) is 7.70. The van der Waals surface area contributed by atoms with E-state index in [1.807, 2.05) is 0 Å². The molecule has 1 aromatic heterocycles. The number of nitrogens with zero attached hydrogens (tertiary/aromatic N) is 3. The zero-order chi connectivity index (χ0) is 13.3. The molecular formula is C9H5Cl4N3OS. The van der Waals surface area contributed by atoms with Gasteiger partial charge in [0.15, 0.2) is 0 Å². The van der Waals surface area contributed by atoms with Gasteiger partial charge in [-0.25, -0.2) is 9.36 Å². The van der Waals surface area contributed by atoms with Gasteiger partial charge >= 0.3 is 5.69 Å². The van der Waals surface area contributed by atoms with Crippen LogP contribution in [0.1, 0.15) is 0 Å². The summed E-state index contributed by atoms with van der Waals surface area (Å²) in [5.41, 5.74) is 0.203. The smallest absolute Gasteiger partial charge is 0.249 e. The summed E-state index contributed by atoms with van der Waals surface area (Å²) < 4.78 is 0.671. The summed E-state index contributed by atoms with van der Waals surface area (Å²) in [7, 11) is 0. The molecule has 1 aromatic carbocycles. The molecule has 1 heterocycles. The molecule has 0 atom stereocenters. The molecule has 2 aromatic rings. The summed E-state index contributed by atoms with van der Waals surface area (Å²) in [5, 5.41) is 4.42. The molecule has 96 valence electrons. The van der Waals surface area contributed by atoms with Crippen molar-refractivity contribution in [2.24, 2.45) is 0 Å². The van der Waals surface area contributed by atoms with Gasteiger partial charge in [0.25, 0.3) is 3.12 Å². The van der Waals surface area contributed by atoms with Crippen LogP contribution >= 0.6 is 58.4 Å². The lowest BCUT2D eigenvalue weighted by atomic mass is 10.3. The largest absolute Gasteiger partial charge is 0.361 e. The van der Waals surface area contributed by atoms with Crippen molar-refractivity contribution in [1.82, 2.24) is 13.8 Å². The van der Waals surface area contributed by atoms with Crippen molar-refractivity contribution in [3.63, 3.8) is 0 Å². The third-order valence-corrected chi connectivity index (χ3v) is 3.44. The van der Waals surface area contributed by atoms with E-state index in [0.29, 0.717) is 22.7 Å². The molecule has 9 heteroatoms. The first-order valence-corrected chi connectivity index (χ1v) is 6.84. The van der Waals surface area contributed by atoms with Crippen LogP contribution in [0, 0.1) is 0 Å². The molecule has 0 saturated carbocycles. The fourth-order valence-electron chi connectivity index (χ4n) is 1.23. The number of halogens is 4. The van der Waals surface area contributed by atoms with E-state index in [-0.39, 0.29) is 0 Å². The molecular weight excluding hydrogens is 340 g/mol. The van der Waals surface area contributed by atoms with Crippen molar-refractivity contribution >= 4 is 58.4 Å². The van der Waals surface area contributed by atoms with Gasteiger partial charge in [-0.3, -0.25) is 0 Å². The van der Waals surface area contributed by atoms with Crippen molar-refractivity contribution in [3.05, 3.63) is 46.1 Å². The molecule has 0 spiro atoms. The Labute approximate surface area is 127 Å². The maximum Gasteiger partial charge on any atom is 0.361 e. The van der Waals surface area contributed by atoms with Crippen molar-refractivity contribution in [2.45, 2.75) is 3.12 Å². The normalized spacial score (nSPS) is 11.8. The molecule has 0 radical (unpaired) electrons. The van der Waals surface area contributed by atoms with Gasteiger partial charge < -0.3 is 0 Å². The zero-order valence-corrected chi connectivity index (χ0v) is 12.4. The topological polar surface area (TPSA) is 39.8 Å². The summed E-state index contributed by atoms with van der Waals surface area (Å²) >= 11 is 23.2. The lowest BCUT2D eigenvalue weighted by Crippen LogP contribution is -2.22. The van der Waals surface area contributed by atoms with E-state index in [0.717, 1.165) is 4.09 Å². The second-order valence-electron chi connectivity index (χ2n) is 3.17. The highest BCUT2D eigenvalue weighted by molar-refractivity contribution is 8.03. The fraction of sp³-hybridized carbons (Fsp3) is 0.111. The van der Waals surface area contributed by atoms with Crippen LogP contribution in [0.4, 0.5) is 0 Å². The van der Waals surface area contributed by atoms with E-state index < -0.39 is 8.81 Å². The molecule has 0 fully saturated rings. The third kappa shape index (κ3) is 3.36. The molecule has 0 aliphatic carbocycles. The average Bonchev–Trinajstić information content (AvgIpc) is 2.60. The van der Waals surface area contributed by atoms with E-state index in [2.05, 4.69) is 5.10 Å². The maximum absolute atomic E-state index is 12.0. The minimum absolute atomic E-state index is 0.423. The number of hydrogen-bond donors (Lipinski definition) is 0. The minimum atomic E-state index is -1.65. The fourth-order valence-corrected chi connectivity index (χ4v) is 2.39. The monoisotopic (exact) mass is 343 g/mol. The minimum Gasteiger partial charge on any atom is -0.249 e. The lowest BCUT2D eigenvalue weighted by Gasteiger charge is -2.07. The molecule has 0 amide bonds. The zero-order valence-electron chi connectivity index (χ0n) is 8.56. The van der Waals surface area contributed by atoms with E-state index in [1.165, 1.54) is 10.9 Å². The lowest BCUT2D eigenvalue weighted by molar-refractivity contribution is 0.936. The summed E-state index contributed by atoms with van der Waals surface area (Å²) in [4.78, 5) is 12.0. The summed E-state index contributed by atoms with van der Waals surface area (Å²) in [6.45, 7) is 0. The molecule has 4 nitrogen and oxygen atoms in total. The Hall–Kier alpha value is -0.330. The van der Waals surface area contributed by atoms with Gasteiger partial charge in [-0.2, -0.15) is 0 Å². The van der Waals surface area contributed by atoms with Gasteiger partial charge in [0.05, 0.1) is 5.69 Å². The van der Waals surface area contributed by atoms with E-state index in [1.54, 1.807) is 24.3 Å². The second kappa shape index (κ2) is 5.35. The van der Waals surface area contributed by atoms with E-state index in [4.69, 9.17) is 46.4 Å². The van der Waals surface area contributed by atoms with Crippen molar-refractivity contribution < 1.29 is 0 Å². The Morgan fingerprint density at radius 2 is 1.78 bits per heavy atom. The van der Waals surface area contributed by atoms with Crippen LogP contribution in [-0.2, 0) is 0 Å². The molecule has 18 heavy (non-hydrogen) atoms. The van der Waals surface area contributed by atoms with Gasteiger partial charge in [-0.1, -0.05) is 46.4 Å². The molecule has 0 N–H and O–H groups in total. The Balaban J connectivity index is 2.37. The van der Waals surface area contributed by atoms with E-state index >= 15 is 0 Å². The maximum atomic E-state index is 12.0. The quantitative estimate of drug-likeness (QED) is 0.782. The Bertz CT molecular complexity index is 602. The number of benzene rings is 1. The average molecular weight is 345 g/mol. The first-order valence-electron chi connectivity index (χ1n) is 4.56. The first-order chi connectivity index (χ1) is 8.37. The van der Waals surface area contributed by atoms with E-state index in [9.17, 15) is 4.79 Å². The van der Waals surface area contributed by atoms with Gasteiger partial charge in [0.1, 0.15) is 6.33 Å². The third-order valence-electron chi connectivity index (χ3n) is 1.94. The number of aromatic nitrogens is 3. The number of rotatable bonds is 2. The first kappa shape index (κ1) is 14.1. The molecule has 0 aliphatic heterocycles. The Kier molecular flexibility index (Phi) is 4.18. The van der Waals surface area contributed by atoms with Crippen molar-refractivity contribution in [1.29, 1.82) is 0 Å². The van der Waals surface area contributed by atoms with Gasteiger partial charge in [-0.15, -0.1) is 9.19 Å². The van der Waals surface area contributed by atoms with Gasteiger partial charge in [0, 0.05) is 17.0 Å². The number of hydrogen-bond acceptors (Lipinski definition) is 3. The molecule has 0 aliphatic rings. The van der Waals surface area contributed by atoms with Crippen LogP contribution < -0.4 is 5.69 Å². The molecule has 2 rings (SSSR count). The molecule has 0 bridgehead atoms. The summed E-state index contributed by atoms with van der Waals surface area (Å²) in [5.74, 6) is 0. The van der Waals surface area contributed by atoms with Gasteiger partial charge in [-0.05, 0) is 24.3 Å². The molecule has 0 unspecified atom stereocenters. The van der Waals surface area contributed by atoms with Crippen LogP contribution in [0.2, 0.25) is 5.02 Å². The van der Waals surface area contributed by atoms with Crippen LogP contribution in [0.3, 0.4) is 0 Å². The highest BCUT2D eigenvalue weighted by Gasteiger charge is 2.24. The van der Waals surface area contributed by atoms with Crippen LogP contribution in [0.5, 0.6) is 0 Å². The Morgan fingerprint density at radius 3 is 2.33 bits per heavy atom.